The van der Waals surface area contributed by atoms with Crippen molar-refractivity contribution < 1.29 is 13.2 Å². The summed E-state index contributed by atoms with van der Waals surface area (Å²) in [4.78, 5) is 4.41. The first-order valence-electron chi connectivity index (χ1n) is 6.45. The van der Waals surface area contributed by atoms with E-state index in [0.29, 0.717) is 25.5 Å². The molecule has 0 aromatic heterocycles. The summed E-state index contributed by atoms with van der Waals surface area (Å²) >= 11 is 0. The van der Waals surface area contributed by atoms with Crippen LogP contribution in [0.4, 0.5) is 0 Å². The summed E-state index contributed by atoms with van der Waals surface area (Å²) in [6, 6.07) is 0. The molecule has 8 heteroatoms. The van der Waals surface area contributed by atoms with Gasteiger partial charge in [-0.1, -0.05) is 0 Å². The molecule has 0 atom stereocenters. The molecule has 0 bridgehead atoms. The van der Waals surface area contributed by atoms with E-state index in [1.807, 2.05) is 20.8 Å². The minimum absolute atomic E-state index is 0. The second-order valence-electron chi connectivity index (χ2n) is 5.07. The van der Waals surface area contributed by atoms with E-state index in [1.165, 1.54) is 6.26 Å². The lowest BCUT2D eigenvalue weighted by atomic mass is 10.1. The standard InChI is InChI=1S/C12H27N3O3S.HI/c1-6-13-11(15-10-12(2,3)18-4)14-8-7-9-19(5,16)17;/h6-10H2,1-5H3,(H2,13,14,15);1H. The van der Waals surface area contributed by atoms with Gasteiger partial charge in [-0.25, -0.2) is 8.42 Å². The lowest BCUT2D eigenvalue weighted by Gasteiger charge is -2.21. The number of aliphatic imine (C=N–C) groups is 1. The van der Waals surface area contributed by atoms with Crippen molar-refractivity contribution in [2.24, 2.45) is 4.99 Å². The normalized spacial score (nSPS) is 12.8. The number of nitrogens with zero attached hydrogens (tertiary/aromatic N) is 1. The third kappa shape index (κ3) is 12.9. The second kappa shape index (κ2) is 10.6. The summed E-state index contributed by atoms with van der Waals surface area (Å²) in [7, 11) is -1.24. The van der Waals surface area contributed by atoms with Gasteiger partial charge in [-0.15, -0.1) is 24.0 Å². The summed E-state index contributed by atoms with van der Waals surface area (Å²) in [6.45, 7) is 7.77. The first-order valence-corrected chi connectivity index (χ1v) is 8.51. The van der Waals surface area contributed by atoms with Crippen molar-refractivity contribution in [2.75, 3.05) is 38.8 Å². The van der Waals surface area contributed by atoms with Crippen LogP contribution in [0, 0.1) is 0 Å². The number of hydrogen-bond donors (Lipinski definition) is 2. The molecule has 0 heterocycles. The zero-order chi connectivity index (χ0) is 14.9. The topological polar surface area (TPSA) is 79.8 Å². The van der Waals surface area contributed by atoms with Gasteiger partial charge in [0.1, 0.15) is 9.84 Å². The number of guanidine groups is 1. The summed E-state index contributed by atoms with van der Waals surface area (Å²) < 4.78 is 27.3. The fraction of sp³-hybridized carbons (Fsp3) is 0.917. The van der Waals surface area contributed by atoms with E-state index in [9.17, 15) is 8.42 Å². The number of sulfone groups is 1. The Balaban J connectivity index is 0. The third-order valence-corrected chi connectivity index (χ3v) is 3.53. The van der Waals surface area contributed by atoms with E-state index in [-0.39, 0.29) is 35.3 Å². The van der Waals surface area contributed by atoms with Crippen molar-refractivity contribution in [3.8, 4) is 0 Å². The van der Waals surface area contributed by atoms with E-state index in [4.69, 9.17) is 4.74 Å². The van der Waals surface area contributed by atoms with Crippen LogP contribution in [0.15, 0.2) is 4.99 Å². The highest BCUT2D eigenvalue weighted by molar-refractivity contribution is 14.0. The molecule has 0 aliphatic rings. The molecule has 122 valence electrons. The zero-order valence-electron chi connectivity index (χ0n) is 13.0. The van der Waals surface area contributed by atoms with Crippen LogP contribution in [0.25, 0.3) is 0 Å². The number of methoxy groups -OCH3 is 1. The summed E-state index contributed by atoms with van der Waals surface area (Å²) in [6.07, 6.45) is 1.81. The van der Waals surface area contributed by atoms with E-state index in [0.717, 1.165) is 6.54 Å². The van der Waals surface area contributed by atoms with Gasteiger partial charge in [0.15, 0.2) is 5.96 Å². The molecule has 0 radical (unpaired) electrons. The Labute approximate surface area is 140 Å². The van der Waals surface area contributed by atoms with Crippen LogP contribution in [0.2, 0.25) is 0 Å². The van der Waals surface area contributed by atoms with Gasteiger partial charge in [0.05, 0.1) is 17.9 Å². The number of rotatable bonds is 8. The predicted octanol–water partition coefficient (Wildman–Crippen LogP) is 1.02. The SMILES string of the molecule is CCNC(=NCC(C)(C)OC)NCCCS(C)(=O)=O.I. The van der Waals surface area contributed by atoms with E-state index in [1.54, 1.807) is 7.11 Å². The first kappa shape index (κ1) is 22.2. The van der Waals surface area contributed by atoms with E-state index >= 15 is 0 Å². The Hall–Kier alpha value is -0.0900. The molecule has 0 saturated heterocycles. The fourth-order valence-corrected chi connectivity index (χ4v) is 1.89. The lowest BCUT2D eigenvalue weighted by molar-refractivity contribution is 0.0310. The van der Waals surface area contributed by atoms with Crippen LogP contribution in [-0.4, -0.2) is 58.7 Å². The fourth-order valence-electron chi connectivity index (χ4n) is 1.22. The zero-order valence-corrected chi connectivity index (χ0v) is 16.2. The maximum Gasteiger partial charge on any atom is 0.191 e. The van der Waals surface area contributed by atoms with Gasteiger partial charge in [0.25, 0.3) is 0 Å². The van der Waals surface area contributed by atoms with Crippen LogP contribution in [0.5, 0.6) is 0 Å². The molecule has 0 spiro atoms. The van der Waals surface area contributed by atoms with Crippen molar-refractivity contribution in [3.05, 3.63) is 0 Å². The molecular weight excluding hydrogens is 393 g/mol. The van der Waals surface area contributed by atoms with Crippen molar-refractivity contribution in [3.63, 3.8) is 0 Å². The van der Waals surface area contributed by atoms with Gasteiger partial charge < -0.3 is 15.4 Å². The maximum atomic E-state index is 11.0. The molecule has 0 rings (SSSR count). The molecule has 0 aromatic carbocycles. The minimum atomic E-state index is -2.89. The molecule has 0 aromatic rings. The average Bonchev–Trinajstić information content (AvgIpc) is 2.30. The van der Waals surface area contributed by atoms with Crippen molar-refractivity contribution in [1.82, 2.24) is 10.6 Å². The highest BCUT2D eigenvalue weighted by Gasteiger charge is 2.15. The van der Waals surface area contributed by atoms with E-state index in [2.05, 4.69) is 15.6 Å². The van der Waals surface area contributed by atoms with Crippen molar-refractivity contribution in [2.45, 2.75) is 32.8 Å². The number of nitrogens with one attached hydrogen (secondary N) is 2. The Bertz CT molecular complexity index is 383. The smallest absolute Gasteiger partial charge is 0.191 e. The van der Waals surface area contributed by atoms with Gasteiger partial charge in [-0.3, -0.25) is 4.99 Å². The molecule has 0 fully saturated rings. The summed E-state index contributed by atoms with van der Waals surface area (Å²) in [5.41, 5.74) is -0.310. The Kier molecular flexibility index (Phi) is 11.8. The molecule has 0 amide bonds. The predicted molar refractivity (Wildman–Crippen MR) is 94.8 cm³/mol. The molecule has 0 aliphatic carbocycles. The minimum Gasteiger partial charge on any atom is -0.377 e. The van der Waals surface area contributed by atoms with Crippen molar-refractivity contribution in [1.29, 1.82) is 0 Å². The van der Waals surface area contributed by atoms with Gasteiger partial charge in [0.2, 0.25) is 0 Å². The van der Waals surface area contributed by atoms with Crippen LogP contribution in [0.1, 0.15) is 27.2 Å². The van der Waals surface area contributed by atoms with Crippen LogP contribution < -0.4 is 10.6 Å². The summed E-state index contributed by atoms with van der Waals surface area (Å²) in [5.74, 6) is 0.865. The van der Waals surface area contributed by atoms with Gasteiger partial charge in [-0.05, 0) is 27.2 Å². The third-order valence-electron chi connectivity index (χ3n) is 2.50. The Morgan fingerprint density at radius 2 is 1.90 bits per heavy atom. The van der Waals surface area contributed by atoms with Crippen LogP contribution >= 0.6 is 24.0 Å². The number of halogens is 1. The molecule has 6 nitrogen and oxygen atoms in total. The lowest BCUT2D eigenvalue weighted by Crippen LogP contribution is -2.39. The number of ether oxygens (including phenoxy) is 1. The quantitative estimate of drug-likeness (QED) is 0.265. The highest BCUT2D eigenvalue weighted by Crippen LogP contribution is 2.06. The summed E-state index contributed by atoms with van der Waals surface area (Å²) in [5, 5.41) is 6.22. The van der Waals surface area contributed by atoms with Gasteiger partial charge in [-0.2, -0.15) is 0 Å². The first-order chi connectivity index (χ1) is 8.70. The Morgan fingerprint density at radius 1 is 1.30 bits per heavy atom. The molecule has 0 unspecified atom stereocenters. The van der Waals surface area contributed by atoms with Crippen molar-refractivity contribution >= 4 is 39.8 Å². The van der Waals surface area contributed by atoms with Crippen LogP contribution in [-0.2, 0) is 14.6 Å². The largest absolute Gasteiger partial charge is 0.377 e. The second-order valence-corrected chi connectivity index (χ2v) is 7.33. The molecule has 20 heavy (non-hydrogen) atoms. The molecular formula is C12H28IN3O3S. The van der Waals surface area contributed by atoms with E-state index < -0.39 is 9.84 Å². The number of hydrogen-bond acceptors (Lipinski definition) is 4. The molecule has 0 aliphatic heterocycles. The molecule has 0 saturated carbocycles. The van der Waals surface area contributed by atoms with Gasteiger partial charge >= 0.3 is 0 Å². The maximum absolute atomic E-state index is 11.0. The molecule has 2 N–H and O–H groups in total. The van der Waals surface area contributed by atoms with Gasteiger partial charge in [0, 0.05) is 26.5 Å². The Morgan fingerprint density at radius 3 is 2.35 bits per heavy atom. The monoisotopic (exact) mass is 421 g/mol. The average molecular weight is 421 g/mol. The highest BCUT2D eigenvalue weighted by atomic mass is 127. The van der Waals surface area contributed by atoms with Crippen LogP contribution in [0.3, 0.4) is 0 Å².